The van der Waals surface area contributed by atoms with E-state index in [4.69, 9.17) is 4.74 Å². The third kappa shape index (κ3) is 1.65. The van der Waals surface area contributed by atoms with Crippen LogP contribution in [0, 0.1) is 11.8 Å². The summed E-state index contributed by atoms with van der Waals surface area (Å²) in [5.74, 6) is 0.937. The number of hydrogen-bond acceptors (Lipinski definition) is 2. The van der Waals surface area contributed by atoms with E-state index in [9.17, 15) is 4.79 Å². The van der Waals surface area contributed by atoms with Gasteiger partial charge in [0.15, 0.2) is 0 Å². The fourth-order valence-electron chi connectivity index (χ4n) is 2.09. The first-order chi connectivity index (χ1) is 6.72. The summed E-state index contributed by atoms with van der Waals surface area (Å²) in [4.78, 5) is 11.7. The number of hydrogen-bond donors (Lipinski definition) is 0. The summed E-state index contributed by atoms with van der Waals surface area (Å²) in [5, 5.41) is 0. The Hall–Kier alpha value is -0.570. The normalized spacial score (nSPS) is 36.7. The molecular formula is C11H13BrO2. The number of rotatable bonds is 2. The molecule has 0 aromatic rings. The van der Waals surface area contributed by atoms with E-state index < -0.39 is 0 Å². The van der Waals surface area contributed by atoms with E-state index in [1.165, 1.54) is 5.57 Å². The highest BCUT2D eigenvalue weighted by atomic mass is 79.9. The van der Waals surface area contributed by atoms with Gasteiger partial charge in [-0.05, 0) is 19.3 Å². The summed E-state index contributed by atoms with van der Waals surface area (Å²) in [6, 6.07) is 0. The molecule has 0 aliphatic heterocycles. The van der Waals surface area contributed by atoms with Crippen LogP contribution >= 0.6 is 15.9 Å². The van der Waals surface area contributed by atoms with Crippen LogP contribution in [0.3, 0.4) is 0 Å². The van der Waals surface area contributed by atoms with Crippen molar-refractivity contribution in [3.63, 3.8) is 0 Å². The van der Waals surface area contributed by atoms with Gasteiger partial charge in [0.2, 0.25) is 0 Å². The van der Waals surface area contributed by atoms with Crippen molar-refractivity contribution in [2.45, 2.75) is 18.2 Å². The molecule has 76 valence electrons. The first-order valence-electron chi connectivity index (χ1n) is 4.92. The third-order valence-corrected chi connectivity index (χ3v) is 3.85. The van der Waals surface area contributed by atoms with E-state index in [0.29, 0.717) is 23.3 Å². The highest BCUT2D eigenvalue weighted by Gasteiger charge is 2.41. The molecule has 2 aliphatic rings. The second kappa shape index (κ2) is 3.89. The molecule has 2 rings (SSSR count). The van der Waals surface area contributed by atoms with Crippen LogP contribution in [0.25, 0.3) is 0 Å². The zero-order valence-electron chi connectivity index (χ0n) is 8.07. The molecule has 2 aliphatic carbocycles. The number of fused-ring (bicyclic) bond motifs is 1. The van der Waals surface area contributed by atoms with Crippen molar-refractivity contribution in [3.8, 4) is 0 Å². The lowest BCUT2D eigenvalue weighted by Crippen LogP contribution is -2.29. The molecule has 0 saturated heterocycles. The molecule has 0 radical (unpaired) electrons. The van der Waals surface area contributed by atoms with Crippen LogP contribution in [0.5, 0.6) is 0 Å². The van der Waals surface area contributed by atoms with Gasteiger partial charge in [-0.25, -0.2) is 4.79 Å². The lowest BCUT2D eigenvalue weighted by molar-refractivity contribution is -0.137. The van der Waals surface area contributed by atoms with E-state index in [1.54, 1.807) is 6.08 Å². The van der Waals surface area contributed by atoms with Gasteiger partial charge in [-0.3, -0.25) is 0 Å². The SMILES string of the molecule is CCOC(=O)/C=C1\C[C@H]2[C@@H]1C=C[C@@H]2Br. The van der Waals surface area contributed by atoms with Crippen LogP contribution in [-0.2, 0) is 9.53 Å². The summed E-state index contributed by atoms with van der Waals surface area (Å²) >= 11 is 3.59. The molecular weight excluding hydrogens is 244 g/mol. The van der Waals surface area contributed by atoms with Gasteiger partial charge < -0.3 is 4.74 Å². The van der Waals surface area contributed by atoms with Gasteiger partial charge in [-0.15, -0.1) is 0 Å². The van der Waals surface area contributed by atoms with Crippen molar-refractivity contribution in [3.05, 3.63) is 23.8 Å². The fourth-order valence-corrected chi connectivity index (χ4v) is 2.78. The van der Waals surface area contributed by atoms with Gasteiger partial charge in [0.1, 0.15) is 0 Å². The first kappa shape index (κ1) is 9.97. The molecule has 0 N–H and O–H groups in total. The Bertz CT molecular complexity index is 306. The Morgan fingerprint density at radius 1 is 1.71 bits per heavy atom. The molecule has 0 aromatic heterocycles. The van der Waals surface area contributed by atoms with Crippen molar-refractivity contribution < 1.29 is 9.53 Å². The minimum Gasteiger partial charge on any atom is -0.463 e. The maximum absolute atomic E-state index is 11.2. The van der Waals surface area contributed by atoms with Gasteiger partial charge in [0, 0.05) is 16.8 Å². The van der Waals surface area contributed by atoms with Crippen LogP contribution in [0.2, 0.25) is 0 Å². The maximum atomic E-state index is 11.2. The number of esters is 1. The second-order valence-corrected chi connectivity index (χ2v) is 4.75. The molecule has 14 heavy (non-hydrogen) atoms. The van der Waals surface area contributed by atoms with Gasteiger partial charge >= 0.3 is 5.97 Å². The highest BCUT2D eigenvalue weighted by molar-refractivity contribution is 9.09. The molecule has 2 nitrogen and oxygen atoms in total. The van der Waals surface area contributed by atoms with Crippen LogP contribution in [-0.4, -0.2) is 17.4 Å². The average Bonchev–Trinajstić information content (AvgIpc) is 2.39. The zero-order chi connectivity index (χ0) is 10.1. The largest absolute Gasteiger partial charge is 0.463 e. The number of allylic oxidation sites excluding steroid dienone is 3. The molecule has 1 fully saturated rings. The average molecular weight is 257 g/mol. The zero-order valence-corrected chi connectivity index (χ0v) is 9.66. The van der Waals surface area contributed by atoms with E-state index in [2.05, 4.69) is 28.1 Å². The predicted molar refractivity (Wildman–Crippen MR) is 58.2 cm³/mol. The molecule has 0 unspecified atom stereocenters. The van der Waals surface area contributed by atoms with Crippen molar-refractivity contribution >= 4 is 21.9 Å². The number of carbonyl (C=O) groups excluding carboxylic acids is 1. The minimum absolute atomic E-state index is 0.202. The van der Waals surface area contributed by atoms with Crippen LogP contribution in [0.15, 0.2) is 23.8 Å². The summed E-state index contributed by atoms with van der Waals surface area (Å²) in [6.45, 7) is 2.28. The monoisotopic (exact) mass is 256 g/mol. The van der Waals surface area contributed by atoms with Gasteiger partial charge in [0.25, 0.3) is 0 Å². The number of halogens is 1. The van der Waals surface area contributed by atoms with E-state index >= 15 is 0 Å². The Morgan fingerprint density at radius 3 is 3.14 bits per heavy atom. The summed E-state index contributed by atoms with van der Waals surface area (Å²) in [5.41, 5.74) is 1.21. The van der Waals surface area contributed by atoms with Crippen LogP contribution < -0.4 is 0 Å². The van der Waals surface area contributed by atoms with Gasteiger partial charge in [-0.2, -0.15) is 0 Å². The summed E-state index contributed by atoms with van der Waals surface area (Å²) < 4.78 is 4.87. The Morgan fingerprint density at radius 2 is 2.50 bits per heavy atom. The van der Waals surface area contributed by atoms with Gasteiger partial charge in [-0.1, -0.05) is 33.7 Å². The number of ether oxygens (including phenoxy) is 1. The summed E-state index contributed by atoms with van der Waals surface area (Å²) in [6.07, 6.45) is 7.02. The molecule has 3 heteroatoms. The highest BCUT2D eigenvalue weighted by Crippen LogP contribution is 2.49. The van der Waals surface area contributed by atoms with E-state index in [1.807, 2.05) is 6.92 Å². The second-order valence-electron chi connectivity index (χ2n) is 3.69. The van der Waals surface area contributed by atoms with Crippen molar-refractivity contribution in [1.29, 1.82) is 0 Å². The Labute approximate surface area is 92.1 Å². The molecule has 0 amide bonds. The Kier molecular flexibility index (Phi) is 2.77. The quantitative estimate of drug-likeness (QED) is 0.329. The van der Waals surface area contributed by atoms with Crippen molar-refractivity contribution in [1.82, 2.24) is 0 Å². The Balaban J connectivity index is 1.97. The maximum Gasteiger partial charge on any atom is 0.330 e. The predicted octanol–water partition coefficient (Wildman–Crippen LogP) is 2.45. The van der Waals surface area contributed by atoms with Crippen molar-refractivity contribution in [2.24, 2.45) is 11.8 Å². The molecule has 0 spiro atoms. The lowest BCUT2D eigenvalue weighted by atomic mass is 9.71. The topological polar surface area (TPSA) is 26.3 Å². The smallest absolute Gasteiger partial charge is 0.330 e. The number of carbonyl (C=O) groups is 1. The third-order valence-electron chi connectivity index (χ3n) is 2.86. The van der Waals surface area contributed by atoms with Crippen LogP contribution in [0.4, 0.5) is 0 Å². The lowest BCUT2D eigenvalue weighted by Gasteiger charge is -2.35. The van der Waals surface area contributed by atoms with Crippen molar-refractivity contribution in [2.75, 3.05) is 6.61 Å². The molecule has 0 bridgehead atoms. The standard InChI is InChI=1S/C11H13BrO2/c1-2-14-11(13)6-7-5-9-8(7)3-4-10(9)12/h3-4,6,8-10H,2,5H2,1H3/b7-6+/t8-,9+,10+/m1/s1. The number of alkyl halides is 1. The summed E-state index contributed by atoms with van der Waals surface area (Å²) in [7, 11) is 0. The van der Waals surface area contributed by atoms with E-state index in [-0.39, 0.29) is 5.97 Å². The fraction of sp³-hybridized carbons (Fsp3) is 0.545. The first-order valence-corrected chi connectivity index (χ1v) is 5.83. The van der Waals surface area contributed by atoms with E-state index in [0.717, 1.165) is 6.42 Å². The minimum atomic E-state index is -0.202. The van der Waals surface area contributed by atoms with Gasteiger partial charge in [0.05, 0.1) is 6.61 Å². The molecule has 0 aromatic carbocycles. The molecule has 1 saturated carbocycles. The van der Waals surface area contributed by atoms with Crippen LogP contribution in [0.1, 0.15) is 13.3 Å². The molecule has 0 heterocycles. The molecule has 3 atom stereocenters.